The van der Waals surface area contributed by atoms with E-state index in [1.165, 1.54) is 0 Å². The van der Waals surface area contributed by atoms with Crippen LogP contribution in [0, 0.1) is 6.92 Å². The molecule has 0 fully saturated rings. The van der Waals surface area contributed by atoms with Crippen molar-refractivity contribution >= 4 is 5.91 Å². The molecule has 0 bridgehead atoms. The molecule has 0 N–H and O–H groups in total. The Labute approximate surface area is 88.9 Å². The minimum absolute atomic E-state index is 0.0498. The molecule has 0 spiro atoms. The third-order valence-electron chi connectivity index (χ3n) is 1.88. The van der Waals surface area contributed by atoms with Gasteiger partial charge in [-0.05, 0) is 14.0 Å². The second kappa shape index (κ2) is 4.88. The van der Waals surface area contributed by atoms with Gasteiger partial charge in [0.1, 0.15) is 0 Å². The Kier molecular flexibility index (Phi) is 3.79. The zero-order valence-electron chi connectivity index (χ0n) is 9.52. The topological polar surface area (TPSA) is 62.5 Å². The van der Waals surface area contributed by atoms with Crippen LogP contribution >= 0.6 is 0 Å². The van der Waals surface area contributed by atoms with E-state index in [1.54, 1.807) is 25.9 Å². The molecule has 0 aliphatic heterocycles. The van der Waals surface area contributed by atoms with E-state index in [0.717, 1.165) is 0 Å². The van der Waals surface area contributed by atoms with Gasteiger partial charge in [0.05, 0.1) is 13.1 Å². The van der Waals surface area contributed by atoms with Crippen LogP contribution in [0.4, 0.5) is 0 Å². The average Bonchev–Trinajstić information content (AvgIpc) is 2.50. The summed E-state index contributed by atoms with van der Waals surface area (Å²) in [4.78, 5) is 18.8. The lowest BCUT2D eigenvalue weighted by Crippen LogP contribution is -2.34. The summed E-state index contributed by atoms with van der Waals surface area (Å²) in [5.74, 6) is 1.19. The minimum Gasteiger partial charge on any atom is -0.348 e. The summed E-state index contributed by atoms with van der Waals surface area (Å²) in [7, 11) is 5.29. The highest BCUT2D eigenvalue weighted by molar-refractivity contribution is 5.77. The van der Waals surface area contributed by atoms with Crippen molar-refractivity contribution in [3.8, 4) is 0 Å². The summed E-state index contributed by atoms with van der Waals surface area (Å²) >= 11 is 0. The van der Waals surface area contributed by atoms with E-state index in [9.17, 15) is 4.79 Å². The number of nitrogens with zero attached hydrogens (tertiary/aromatic N) is 4. The zero-order valence-corrected chi connectivity index (χ0v) is 9.52. The number of likely N-dealkylation sites (N-methyl/N-ethyl adjacent to an activating group) is 2. The van der Waals surface area contributed by atoms with Crippen molar-refractivity contribution in [3.05, 3.63) is 11.7 Å². The van der Waals surface area contributed by atoms with E-state index in [0.29, 0.717) is 24.8 Å². The molecule has 0 saturated heterocycles. The van der Waals surface area contributed by atoms with Gasteiger partial charge in [0.2, 0.25) is 11.8 Å². The molecule has 0 aromatic carbocycles. The molecular formula is C9H16N4O2. The number of aryl methyl sites for hydroxylation is 1. The van der Waals surface area contributed by atoms with Crippen molar-refractivity contribution in [3.63, 3.8) is 0 Å². The molecule has 1 aromatic rings. The van der Waals surface area contributed by atoms with Gasteiger partial charge < -0.3 is 9.42 Å². The molecule has 1 aromatic heterocycles. The Morgan fingerprint density at radius 2 is 2.07 bits per heavy atom. The molecule has 1 heterocycles. The lowest BCUT2D eigenvalue weighted by Gasteiger charge is -2.16. The molecular weight excluding hydrogens is 196 g/mol. The van der Waals surface area contributed by atoms with Gasteiger partial charge in [0, 0.05) is 14.1 Å². The Morgan fingerprint density at radius 3 is 2.53 bits per heavy atom. The predicted octanol–water partition coefficient (Wildman–Crippen LogP) is -0.102. The smallest absolute Gasteiger partial charge is 0.240 e. The van der Waals surface area contributed by atoms with Gasteiger partial charge >= 0.3 is 0 Å². The van der Waals surface area contributed by atoms with E-state index >= 15 is 0 Å². The van der Waals surface area contributed by atoms with E-state index < -0.39 is 0 Å². The molecule has 0 aliphatic rings. The van der Waals surface area contributed by atoms with Crippen molar-refractivity contribution in [1.29, 1.82) is 0 Å². The van der Waals surface area contributed by atoms with Gasteiger partial charge in [-0.3, -0.25) is 9.69 Å². The highest BCUT2D eigenvalue weighted by atomic mass is 16.5. The fourth-order valence-corrected chi connectivity index (χ4v) is 1.06. The van der Waals surface area contributed by atoms with Crippen LogP contribution in [0.2, 0.25) is 0 Å². The highest BCUT2D eigenvalue weighted by Gasteiger charge is 2.11. The maximum atomic E-state index is 11.4. The lowest BCUT2D eigenvalue weighted by atomic mass is 10.4. The Morgan fingerprint density at radius 1 is 1.40 bits per heavy atom. The quantitative estimate of drug-likeness (QED) is 0.697. The SMILES string of the molecule is Cc1noc(CN(C)CC(=O)N(C)C)n1. The van der Waals surface area contributed by atoms with Crippen LogP contribution in [-0.2, 0) is 11.3 Å². The van der Waals surface area contributed by atoms with Gasteiger partial charge in [-0.1, -0.05) is 5.16 Å². The molecule has 0 aliphatic carbocycles. The Hall–Kier alpha value is -1.43. The highest BCUT2D eigenvalue weighted by Crippen LogP contribution is 2.00. The van der Waals surface area contributed by atoms with Crippen LogP contribution in [0.1, 0.15) is 11.7 Å². The second-order valence-electron chi connectivity index (χ2n) is 3.70. The van der Waals surface area contributed by atoms with Crippen LogP contribution in [0.5, 0.6) is 0 Å². The second-order valence-corrected chi connectivity index (χ2v) is 3.70. The minimum atomic E-state index is 0.0498. The summed E-state index contributed by atoms with van der Waals surface area (Å²) < 4.78 is 4.95. The van der Waals surface area contributed by atoms with Gasteiger partial charge in [-0.2, -0.15) is 4.98 Å². The van der Waals surface area contributed by atoms with Crippen LogP contribution in [0.25, 0.3) is 0 Å². The van der Waals surface area contributed by atoms with Crippen molar-refractivity contribution in [1.82, 2.24) is 19.9 Å². The van der Waals surface area contributed by atoms with Gasteiger partial charge in [0.15, 0.2) is 5.82 Å². The predicted molar refractivity (Wildman–Crippen MR) is 54.1 cm³/mol. The number of hydrogen-bond donors (Lipinski definition) is 0. The summed E-state index contributed by atoms with van der Waals surface area (Å²) in [5.41, 5.74) is 0. The van der Waals surface area contributed by atoms with E-state index in [4.69, 9.17) is 4.52 Å². The maximum Gasteiger partial charge on any atom is 0.240 e. The van der Waals surface area contributed by atoms with Crippen LogP contribution in [0.15, 0.2) is 4.52 Å². The fourth-order valence-electron chi connectivity index (χ4n) is 1.06. The lowest BCUT2D eigenvalue weighted by molar-refractivity contribution is -0.129. The van der Waals surface area contributed by atoms with Gasteiger partial charge in [-0.25, -0.2) is 0 Å². The average molecular weight is 212 g/mol. The van der Waals surface area contributed by atoms with Crippen molar-refractivity contribution in [2.75, 3.05) is 27.7 Å². The van der Waals surface area contributed by atoms with E-state index in [-0.39, 0.29) is 5.91 Å². The first-order chi connectivity index (χ1) is 6.99. The molecule has 1 rings (SSSR count). The van der Waals surface area contributed by atoms with Crippen LogP contribution in [0.3, 0.4) is 0 Å². The van der Waals surface area contributed by atoms with E-state index in [1.807, 2.05) is 11.9 Å². The van der Waals surface area contributed by atoms with Gasteiger partial charge in [-0.15, -0.1) is 0 Å². The molecule has 0 atom stereocenters. The molecule has 6 nitrogen and oxygen atoms in total. The first-order valence-electron chi connectivity index (χ1n) is 4.67. The zero-order chi connectivity index (χ0) is 11.4. The largest absolute Gasteiger partial charge is 0.348 e. The number of aromatic nitrogens is 2. The van der Waals surface area contributed by atoms with Crippen LogP contribution < -0.4 is 0 Å². The summed E-state index contributed by atoms with van der Waals surface area (Å²) in [6.45, 7) is 2.59. The standard InChI is InChI=1S/C9H16N4O2/c1-7-10-8(15-11-7)5-13(4)6-9(14)12(2)3/h5-6H2,1-4H3. The molecule has 1 amide bonds. The maximum absolute atomic E-state index is 11.4. The first-order valence-corrected chi connectivity index (χ1v) is 4.67. The number of carbonyl (C=O) groups is 1. The Balaban J connectivity index is 2.42. The van der Waals surface area contributed by atoms with Crippen LogP contribution in [-0.4, -0.2) is 53.5 Å². The monoisotopic (exact) mass is 212 g/mol. The number of carbonyl (C=O) groups excluding carboxylic acids is 1. The molecule has 15 heavy (non-hydrogen) atoms. The summed E-state index contributed by atoms with van der Waals surface area (Å²) in [6, 6.07) is 0. The summed E-state index contributed by atoms with van der Waals surface area (Å²) in [5, 5.41) is 3.68. The third kappa shape index (κ3) is 3.67. The van der Waals surface area contributed by atoms with Gasteiger partial charge in [0.25, 0.3) is 0 Å². The fraction of sp³-hybridized carbons (Fsp3) is 0.667. The van der Waals surface area contributed by atoms with Crippen molar-refractivity contribution in [2.45, 2.75) is 13.5 Å². The molecule has 0 saturated carbocycles. The van der Waals surface area contributed by atoms with E-state index in [2.05, 4.69) is 10.1 Å². The number of amides is 1. The molecule has 0 radical (unpaired) electrons. The van der Waals surface area contributed by atoms with Crippen molar-refractivity contribution < 1.29 is 9.32 Å². The number of rotatable bonds is 4. The van der Waals surface area contributed by atoms with Crippen molar-refractivity contribution in [2.24, 2.45) is 0 Å². The molecule has 0 unspecified atom stereocenters. The first kappa shape index (κ1) is 11.6. The molecule has 6 heteroatoms. The normalized spacial score (nSPS) is 10.7. The molecule has 84 valence electrons. The Bertz CT molecular complexity index is 335. The number of hydrogen-bond acceptors (Lipinski definition) is 5. The third-order valence-corrected chi connectivity index (χ3v) is 1.88. The summed E-state index contributed by atoms with van der Waals surface area (Å²) in [6.07, 6.45) is 0.